The number of rotatable bonds is 10. The van der Waals surface area contributed by atoms with Crippen LogP contribution in [0.5, 0.6) is 11.5 Å². The first-order valence-corrected chi connectivity index (χ1v) is 8.98. The molecule has 0 aromatic heterocycles. The molecular weight excluding hydrogens is 346 g/mol. The molecule has 0 atom stereocenters. The molecule has 25 heavy (non-hydrogen) atoms. The van der Waals surface area contributed by atoms with Gasteiger partial charge in [0.25, 0.3) is 5.91 Å². The number of amides is 1. The van der Waals surface area contributed by atoms with Crippen LogP contribution in [0.15, 0.2) is 12.1 Å². The maximum Gasteiger partial charge on any atom is 0.255 e. The Bertz CT molecular complexity index is 565. The third kappa shape index (κ3) is 6.70. The van der Waals surface area contributed by atoms with Crippen molar-refractivity contribution in [3.8, 4) is 11.5 Å². The average Bonchev–Trinajstić information content (AvgIpc) is 2.60. The van der Waals surface area contributed by atoms with Gasteiger partial charge in [-0.3, -0.25) is 4.79 Å². The second-order valence-electron chi connectivity index (χ2n) is 6.11. The summed E-state index contributed by atoms with van der Waals surface area (Å²) in [6, 6.07) is 3.72. The second kappa shape index (κ2) is 10.5. The minimum atomic E-state index is -0.557. The molecule has 8 heteroatoms. The van der Waals surface area contributed by atoms with E-state index in [1.165, 1.54) is 13.0 Å². The Kier molecular flexibility index (Phi) is 8.27. The number of methoxy groups -OCH3 is 1. The molecule has 1 fully saturated rings. The van der Waals surface area contributed by atoms with E-state index in [1.807, 2.05) is 12.1 Å². The molecule has 0 unspecified atom stereocenters. The number of nitrogens with two attached hydrogens (primary N) is 2. The van der Waals surface area contributed by atoms with Crippen LogP contribution in [0, 0.1) is 0 Å². The largest absolute Gasteiger partial charge is 0.493 e. The maximum atomic E-state index is 10.9. The summed E-state index contributed by atoms with van der Waals surface area (Å²) in [5.41, 5.74) is 6.15. The Hall–Kier alpha value is -1.54. The van der Waals surface area contributed by atoms with E-state index in [0.29, 0.717) is 16.5 Å². The molecule has 1 aliphatic heterocycles. The topological polar surface area (TPSA) is 91.8 Å². The van der Waals surface area contributed by atoms with Crippen LogP contribution in [0.4, 0.5) is 0 Å². The lowest BCUT2D eigenvalue weighted by atomic mass is 10.2. The number of nitrogens with one attached hydrogen (secondary N) is 1. The van der Waals surface area contributed by atoms with Gasteiger partial charge in [0.05, 0.1) is 38.4 Å². The lowest BCUT2D eigenvalue weighted by Crippen LogP contribution is -3.14. The lowest BCUT2D eigenvalue weighted by molar-refractivity contribution is -0.909. The molecule has 0 saturated carbocycles. The summed E-state index contributed by atoms with van der Waals surface area (Å²) in [6.45, 7) is 6.80. The number of carbonyl (C=O) groups excluding carboxylic acids is 1. The number of benzene rings is 1. The van der Waals surface area contributed by atoms with Gasteiger partial charge >= 0.3 is 0 Å². The van der Waals surface area contributed by atoms with Crippen molar-refractivity contribution < 1.29 is 29.2 Å². The monoisotopic (exact) mass is 373 g/mol. The molecule has 1 heterocycles. The Labute approximate surface area is 153 Å². The highest BCUT2D eigenvalue weighted by Crippen LogP contribution is 2.36. The average molecular weight is 374 g/mol. The van der Waals surface area contributed by atoms with E-state index in [9.17, 15) is 4.79 Å². The molecule has 0 bridgehead atoms. The van der Waals surface area contributed by atoms with Crippen LogP contribution >= 0.6 is 11.6 Å². The quantitative estimate of drug-likeness (QED) is 0.439. The van der Waals surface area contributed by atoms with Crippen LogP contribution in [0.2, 0.25) is 5.02 Å². The van der Waals surface area contributed by atoms with E-state index < -0.39 is 5.91 Å². The second-order valence-corrected chi connectivity index (χ2v) is 6.52. The zero-order valence-electron chi connectivity index (χ0n) is 14.7. The predicted octanol–water partition coefficient (Wildman–Crippen LogP) is -1.42. The van der Waals surface area contributed by atoms with Gasteiger partial charge in [0.1, 0.15) is 19.6 Å². The Balaban J connectivity index is 1.79. The molecule has 0 spiro atoms. The van der Waals surface area contributed by atoms with Gasteiger partial charge in [0.2, 0.25) is 0 Å². The molecule has 1 saturated heterocycles. The van der Waals surface area contributed by atoms with Crippen molar-refractivity contribution in [2.24, 2.45) is 5.73 Å². The van der Waals surface area contributed by atoms with Crippen LogP contribution in [0.25, 0.3) is 0 Å². The smallest absolute Gasteiger partial charge is 0.255 e. The summed E-state index contributed by atoms with van der Waals surface area (Å²) in [5.74, 6) is 0.301. The van der Waals surface area contributed by atoms with Crippen LogP contribution in [-0.2, 0) is 16.1 Å². The first kappa shape index (κ1) is 19.8. The summed E-state index contributed by atoms with van der Waals surface area (Å²) in [5, 5.41) is 2.68. The van der Waals surface area contributed by atoms with Crippen molar-refractivity contribution in [1.29, 1.82) is 0 Å². The maximum absolute atomic E-state index is 10.9. The molecule has 1 aliphatic rings. The van der Waals surface area contributed by atoms with Gasteiger partial charge < -0.3 is 30.2 Å². The van der Waals surface area contributed by atoms with Crippen LogP contribution in [0.1, 0.15) is 12.0 Å². The van der Waals surface area contributed by atoms with E-state index in [-0.39, 0.29) is 6.61 Å². The normalized spacial score (nSPS) is 15.1. The molecule has 1 aromatic rings. The summed E-state index contributed by atoms with van der Waals surface area (Å²) in [7, 11) is 1.54. The van der Waals surface area contributed by atoms with Crippen molar-refractivity contribution >= 4 is 17.5 Å². The number of hydrogen-bond acceptors (Lipinski definition) is 4. The van der Waals surface area contributed by atoms with E-state index in [0.717, 1.165) is 45.0 Å². The molecular formula is C17H28ClN3O4+2. The highest BCUT2D eigenvalue weighted by molar-refractivity contribution is 6.32. The molecule has 2 rings (SSSR count). The first-order chi connectivity index (χ1) is 12.1. The first-order valence-electron chi connectivity index (χ1n) is 8.60. The predicted molar refractivity (Wildman–Crippen MR) is 94.2 cm³/mol. The number of hydrogen-bond donors (Lipinski definition) is 3. The SMILES string of the molecule is COc1cc(C[NH2+]CCC[NH+]2CCOCC2)cc(Cl)c1OCC(N)=O. The molecule has 0 radical (unpaired) electrons. The molecule has 0 aliphatic carbocycles. The minimum Gasteiger partial charge on any atom is -0.493 e. The molecule has 1 amide bonds. The zero-order valence-corrected chi connectivity index (χ0v) is 15.4. The van der Waals surface area contributed by atoms with Gasteiger partial charge in [0.15, 0.2) is 18.1 Å². The van der Waals surface area contributed by atoms with Gasteiger partial charge in [-0.05, 0) is 12.1 Å². The number of primary amides is 1. The molecule has 140 valence electrons. The van der Waals surface area contributed by atoms with Crippen molar-refractivity contribution in [1.82, 2.24) is 0 Å². The zero-order chi connectivity index (χ0) is 18.1. The van der Waals surface area contributed by atoms with Gasteiger partial charge in [-0.2, -0.15) is 0 Å². The van der Waals surface area contributed by atoms with Gasteiger partial charge in [-0.25, -0.2) is 0 Å². The molecule has 5 N–H and O–H groups in total. The van der Waals surface area contributed by atoms with Crippen molar-refractivity contribution in [3.05, 3.63) is 22.7 Å². The van der Waals surface area contributed by atoms with Crippen molar-refractivity contribution in [2.75, 3.05) is 53.1 Å². The minimum absolute atomic E-state index is 0.231. The van der Waals surface area contributed by atoms with Crippen molar-refractivity contribution in [3.63, 3.8) is 0 Å². The van der Waals surface area contributed by atoms with Crippen LogP contribution in [0.3, 0.4) is 0 Å². The van der Waals surface area contributed by atoms with Gasteiger partial charge in [-0.1, -0.05) is 11.6 Å². The number of quaternary nitrogens is 2. The van der Waals surface area contributed by atoms with Crippen molar-refractivity contribution in [2.45, 2.75) is 13.0 Å². The molecule has 1 aromatic carbocycles. The van der Waals surface area contributed by atoms with Gasteiger partial charge in [-0.15, -0.1) is 0 Å². The van der Waals surface area contributed by atoms with Crippen LogP contribution in [-0.4, -0.2) is 59.0 Å². The Morgan fingerprint density at radius 2 is 2.16 bits per heavy atom. The summed E-state index contributed by atoms with van der Waals surface area (Å²) in [4.78, 5) is 12.5. The number of carbonyl (C=O) groups is 1. The highest BCUT2D eigenvalue weighted by atomic mass is 35.5. The Morgan fingerprint density at radius 3 is 2.84 bits per heavy atom. The third-order valence-electron chi connectivity index (χ3n) is 4.17. The number of morpholine rings is 1. The molecule has 7 nitrogen and oxygen atoms in total. The number of ether oxygens (including phenoxy) is 3. The summed E-state index contributed by atoms with van der Waals surface area (Å²) in [6.07, 6.45) is 1.17. The van der Waals surface area contributed by atoms with E-state index in [2.05, 4.69) is 5.32 Å². The van der Waals surface area contributed by atoms with Crippen LogP contribution < -0.4 is 25.4 Å². The third-order valence-corrected chi connectivity index (χ3v) is 4.45. The van der Waals surface area contributed by atoms with E-state index in [4.69, 9.17) is 31.5 Å². The van der Waals surface area contributed by atoms with E-state index in [1.54, 1.807) is 12.0 Å². The fourth-order valence-corrected chi connectivity index (χ4v) is 3.14. The lowest BCUT2D eigenvalue weighted by Gasteiger charge is -2.23. The van der Waals surface area contributed by atoms with Gasteiger partial charge in [0, 0.05) is 12.0 Å². The number of halogens is 1. The fraction of sp³-hybridized carbons (Fsp3) is 0.588. The van der Waals surface area contributed by atoms with E-state index >= 15 is 0 Å². The highest BCUT2D eigenvalue weighted by Gasteiger charge is 2.15. The Morgan fingerprint density at radius 1 is 1.40 bits per heavy atom. The summed E-state index contributed by atoms with van der Waals surface area (Å²) < 4.78 is 16.0. The standard InChI is InChI=1S/C17H26ClN3O4/c1-23-15-10-13(9-14(18)17(15)25-12-16(19)22)11-20-3-2-4-21-5-7-24-8-6-21/h9-10,20H,2-8,11-12H2,1H3,(H2,19,22)/p+2. The fourth-order valence-electron chi connectivity index (χ4n) is 2.85. The summed E-state index contributed by atoms with van der Waals surface area (Å²) >= 11 is 6.25.